The van der Waals surface area contributed by atoms with E-state index >= 15 is 0 Å². The predicted molar refractivity (Wildman–Crippen MR) is 106 cm³/mol. The van der Waals surface area contributed by atoms with Gasteiger partial charge in [-0.1, -0.05) is 38.0 Å². The van der Waals surface area contributed by atoms with E-state index < -0.39 is 11.7 Å². The smallest absolute Gasteiger partial charge is 0.407 e. The van der Waals surface area contributed by atoms with E-state index in [1.807, 2.05) is 45.0 Å². The van der Waals surface area contributed by atoms with Crippen LogP contribution < -0.4 is 10.1 Å². The number of carbonyl (C=O) groups excluding carboxylic acids is 1. The van der Waals surface area contributed by atoms with Gasteiger partial charge in [0.05, 0.1) is 6.61 Å². The van der Waals surface area contributed by atoms with Crippen LogP contribution in [-0.4, -0.2) is 24.8 Å². The van der Waals surface area contributed by atoms with Crippen molar-refractivity contribution in [3.8, 4) is 5.75 Å². The van der Waals surface area contributed by atoms with Gasteiger partial charge in [-0.25, -0.2) is 4.79 Å². The largest absolute Gasteiger partial charge is 0.493 e. The Morgan fingerprint density at radius 3 is 2.65 bits per heavy atom. The number of benzene rings is 1. The maximum absolute atomic E-state index is 11.7. The Kier molecular flexibility index (Phi) is 7.55. The summed E-state index contributed by atoms with van der Waals surface area (Å²) in [7, 11) is 0. The molecule has 144 valence electrons. The zero-order chi connectivity index (χ0) is 19.0. The number of hydrogen-bond donors (Lipinski definition) is 1. The summed E-state index contributed by atoms with van der Waals surface area (Å²) in [5.41, 5.74) is 1.55. The molecule has 4 heteroatoms. The second-order valence-electron chi connectivity index (χ2n) is 8.13. The normalized spacial score (nSPS) is 15.3. The molecule has 0 aromatic heterocycles. The second-order valence-corrected chi connectivity index (χ2v) is 8.13. The van der Waals surface area contributed by atoms with Gasteiger partial charge in [0.15, 0.2) is 0 Å². The fourth-order valence-electron chi connectivity index (χ4n) is 3.15. The molecule has 1 N–H and O–H groups in total. The van der Waals surface area contributed by atoms with Crippen LogP contribution >= 0.6 is 0 Å². The summed E-state index contributed by atoms with van der Waals surface area (Å²) in [5.74, 6) is 1.59. The van der Waals surface area contributed by atoms with Gasteiger partial charge in [0.2, 0.25) is 0 Å². The Morgan fingerprint density at radius 2 is 1.96 bits per heavy atom. The lowest BCUT2D eigenvalue weighted by Gasteiger charge is -2.22. The Morgan fingerprint density at radius 1 is 1.23 bits per heavy atom. The van der Waals surface area contributed by atoms with Gasteiger partial charge in [-0.2, -0.15) is 0 Å². The number of nitrogens with one attached hydrogen (secondary N) is 1. The fourth-order valence-corrected chi connectivity index (χ4v) is 3.15. The minimum absolute atomic E-state index is 0.394. The van der Waals surface area contributed by atoms with Crippen LogP contribution in [0, 0.1) is 5.92 Å². The first-order valence-corrected chi connectivity index (χ1v) is 9.71. The molecule has 0 bridgehead atoms. The molecular formula is C22H33NO3. The van der Waals surface area contributed by atoms with Crippen LogP contribution in [0.1, 0.15) is 64.9 Å². The van der Waals surface area contributed by atoms with Crippen LogP contribution in [0.2, 0.25) is 0 Å². The summed E-state index contributed by atoms with van der Waals surface area (Å²) in [5, 5.41) is 2.77. The maximum Gasteiger partial charge on any atom is 0.407 e. The third kappa shape index (κ3) is 7.51. The number of ether oxygens (including phenoxy) is 2. The van der Waals surface area contributed by atoms with E-state index in [0.717, 1.165) is 23.5 Å². The lowest BCUT2D eigenvalue weighted by Crippen LogP contribution is -2.33. The monoisotopic (exact) mass is 359 g/mol. The minimum atomic E-state index is -0.481. The standard InChI is InChI=1S/C22H33NO3/c1-17(13-14-23-21(24)26-22(2,3)4)19-11-8-12-20(15-19)25-16-18-9-6-5-7-10-18/h8,11-12,15,18H,1,5-7,9-10,13-14,16H2,2-4H3,(H,23,24). The van der Waals surface area contributed by atoms with Crippen molar-refractivity contribution in [3.05, 3.63) is 36.4 Å². The number of carbonyl (C=O) groups is 1. The zero-order valence-corrected chi connectivity index (χ0v) is 16.5. The highest BCUT2D eigenvalue weighted by molar-refractivity contribution is 5.69. The highest BCUT2D eigenvalue weighted by Gasteiger charge is 2.16. The van der Waals surface area contributed by atoms with E-state index in [0.29, 0.717) is 18.9 Å². The van der Waals surface area contributed by atoms with Gasteiger partial charge in [-0.05, 0) is 69.2 Å². The van der Waals surface area contributed by atoms with Crippen molar-refractivity contribution in [2.75, 3.05) is 13.2 Å². The fraction of sp³-hybridized carbons (Fsp3) is 0.591. The quantitative estimate of drug-likeness (QED) is 0.692. The summed E-state index contributed by atoms with van der Waals surface area (Å²) in [4.78, 5) is 11.7. The molecule has 0 spiro atoms. The van der Waals surface area contributed by atoms with Gasteiger partial charge in [0, 0.05) is 6.54 Å². The summed E-state index contributed by atoms with van der Waals surface area (Å²) >= 11 is 0. The van der Waals surface area contributed by atoms with Gasteiger partial charge in [0.25, 0.3) is 0 Å². The second kappa shape index (κ2) is 9.65. The van der Waals surface area contributed by atoms with Crippen LogP contribution in [0.15, 0.2) is 30.8 Å². The van der Waals surface area contributed by atoms with Crippen molar-refractivity contribution < 1.29 is 14.3 Å². The molecule has 4 nitrogen and oxygen atoms in total. The van der Waals surface area contributed by atoms with Crippen molar-refractivity contribution in [1.29, 1.82) is 0 Å². The van der Waals surface area contributed by atoms with Gasteiger partial charge in [-0.3, -0.25) is 0 Å². The maximum atomic E-state index is 11.7. The van der Waals surface area contributed by atoms with Crippen LogP contribution in [0.4, 0.5) is 4.79 Å². The van der Waals surface area contributed by atoms with Crippen LogP contribution in [0.3, 0.4) is 0 Å². The third-order valence-corrected chi connectivity index (χ3v) is 4.55. The molecule has 1 aliphatic carbocycles. The van der Waals surface area contributed by atoms with E-state index in [4.69, 9.17) is 9.47 Å². The molecule has 0 saturated heterocycles. The molecule has 1 aliphatic rings. The van der Waals surface area contributed by atoms with Crippen LogP contribution in [-0.2, 0) is 4.74 Å². The lowest BCUT2D eigenvalue weighted by molar-refractivity contribution is 0.0529. The molecular weight excluding hydrogens is 326 g/mol. The average Bonchev–Trinajstić information content (AvgIpc) is 2.59. The highest BCUT2D eigenvalue weighted by atomic mass is 16.6. The zero-order valence-electron chi connectivity index (χ0n) is 16.5. The molecule has 26 heavy (non-hydrogen) atoms. The Hall–Kier alpha value is -1.97. The molecule has 0 unspecified atom stereocenters. The van der Waals surface area contributed by atoms with E-state index in [2.05, 4.69) is 11.9 Å². The first-order chi connectivity index (χ1) is 12.3. The molecule has 0 aliphatic heterocycles. The predicted octanol–water partition coefficient (Wildman–Crippen LogP) is 5.57. The van der Waals surface area contributed by atoms with Crippen molar-refractivity contribution in [3.63, 3.8) is 0 Å². The minimum Gasteiger partial charge on any atom is -0.493 e. The van der Waals surface area contributed by atoms with Gasteiger partial charge in [0.1, 0.15) is 11.4 Å². The van der Waals surface area contributed by atoms with E-state index in [-0.39, 0.29) is 0 Å². The summed E-state index contributed by atoms with van der Waals surface area (Å²) < 4.78 is 11.2. The lowest BCUT2D eigenvalue weighted by atomic mass is 9.90. The Labute approximate surface area is 158 Å². The molecule has 1 aromatic rings. The van der Waals surface area contributed by atoms with Crippen LogP contribution in [0.25, 0.3) is 5.57 Å². The molecule has 2 rings (SSSR count). The Bertz CT molecular complexity index is 598. The first kappa shape index (κ1) is 20.3. The number of alkyl carbamates (subject to hydrolysis) is 1. The topological polar surface area (TPSA) is 47.6 Å². The van der Waals surface area contributed by atoms with Crippen molar-refractivity contribution >= 4 is 11.7 Å². The molecule has 1 saturated carbocycles. The van der Waals surface area contributed by atoms with E-state index in [1.165, 1.54) is 32.1 Å². The van der Waals surface area contributed by atoms with E-state index in [1.54, 1.807) is 0 Å². The van der Waals surface area contributed by atoms with Crippen molar-refractivity contribution in [1.82, 2.24) is 5.32 Å². The highest BCUT2D eigenvalue weighted by Crippen LogP contribution is 2.26. The van der Waals surface area contributed by atoms with Crippen LogP contribution in [0.5, 0.6) is 5.75 Å². The molecule has 0 radical (unpaired) electrons. The molecule has 0 atom stereocenters. The summed E-state index contributed by atoms with van der Waals surface area (Å²) in [6.45, 7) is 11.0. The van der Waals surface area contributed by atoms with Crippen molar-refractivity contribution in [2.24, 2.45) is 5.92 Å². The SMILES string of the molecule is C=C(CCNC(=O)OC(C)(C)C)c1cccc(OCC2CCCCC2)c1. The number of amides is 1. The third-order valence-electron chi connectivity index (χ3n) is 4.55. The molecule has 0 heterocycles. The Balaban J connectivity index is 1.77. The summed E-state index contributed by atoms with van der Waals surface area (Å²) in [6, 6.07) is 8.07. The average molecular weight is 360 g/mol. The van der Waals surface area contributed by atoms with Crippen molar-refractivity contribution in [2.45, 2.75) is 64.9 Å². The number of hydrogen-bond acceptors (Lipinski definition) is 3. The van der Waals surface area contributed by atoms with E-state index in [9.17, 15) is 4.79 Å². The molecule has 1 aromatic carbocycles. The number of rotatable bonds is 7. The molecule has 1 amide bonds. The van der Waals surface area contributed by atoms with Gasteiger partial charge in [-0.15, -0.1) is 0 Å². The summed E-state index contributed by atoms with van der Waals surface area (Å²) in [6.07, 6.45) is 6.86. The molecule has 1 fully saturated rings. The van der Waals surface area contributed by atoms with Gasteiger partial charge < -0.3 is 14.8 Å². The first-order valence-electron chi connectivity index (χ1n) is 9.71. The van der Waals surface area contributed by atoms with Gasteiger partial charge >= 0.3 is 6.09 Å².